The van der Waals surface area contributed by atoms with Crippen LogP contribution in [0.5, 0.6) is 0 Å². The summed E-state index contributed by atoms with van der Waals surface area (Å²) in [6.45, 7) is 3.38. The molecule has 1 amide bonds. The zero-order valence-corrected chi connectivity index (χ0v) is 10.4. The Hall–Kier alpha value is -1.32. The first-order valence-corrected chi connectivity index (χ1v) is 6.18. The molecule has 1 saturated carbocycles. The van der Waals surface area contributed by atoms with Gasteiger partial charge in [-0.1, -0.05) is 38.7 Å². The number of esters is 1. The lowest BCUT2D eigenvalue weighted by Gasteiger charge is -2.25. The largest absolute Gasteiger partial charge is 0.467 e. The Kier molecular flexibility index (Phi) is 5.73. The van der Waals surface area contributed by atoms with Gasteiger partial charge in [-0.15, -0.1) is 0 Å². The van der Waals surface area contributed by atoms with Crippen molar-refractivity contribution in [3.63, 3.8) is 0 Å². The number of nitrogens with one attached hydrogen (secondary N) is 1. The minimum Gasteiger partial charge on any atom is -0.467 e. The summed E-state index contributed by atoms with van der Waals surface area (Å²) in [5, 5.41) is 2.63. The monoisotopic (exact) mass is 239 g/mol. The van der Waals surface area contributed by atoms with Gasteiger partial charge in [0.15, 0.2) is 0 Å². The second-order valence-electron chi connectivity index (χ2n) is 4.53. The lowest BCUT2D eigenvalue weighted by Crippen LogP contribution is -2.42. The fourth-order valence-corrected chi connectivity index (χ4v) is 2.34. The second kappa shape index (κ2) is 7.09. The zero-order chi connectivity index (χ0) is 12.7. The Morgan fingerprint density at radius 1 is 1.41 bits per heavy atom. The first kappa shape index (κ1) is 13.7. The van der Waals surface area contributed by atoms with Gasteiger partial charge in [0.05, 0.1) is 7.11 Å². The van der Waals surface area contributed by atoms with Gasteiger partial charge in [0, 0.05) is 0 Å². The van der Waals surface area contributed by atoms with Crippen LogP contribution < -0.4 is 5.32 Å². The van der Waals surface area contributed by atoms with Gasteiger partial charge in [0.25, 0.3) is 0 Å². The maximum absolute atomic E-state index is 11.6. The molecule has 0 saturated heterocycles. The predicted octanol–water partition coefficient (Wildman–Crippen LogP) is 1.80. The molecule has 0 heterocycles. The van der Waals surface area contributed by atoms with Crippen molar-refractivity contribution in [1.29, 1.82) is 0 Å². The van der Waals surface area contributed by atoms with Gasteiger partial charge in [0.1, 0.15) is 6.04 Å². The number of methoxy groups -OCH3 is 1. The molecule has 1 aliphatic carbocycles. The predicted molar refractivity (Wildman–Crippen MR) is 65.3 cm³/mol. The summed E-state index contributed by atoms with van der Waals surface area (Å²) < 4.78 is 4.71. The van der Waals surface area contributed by atoms with E-state index in [0.717, 1.165) is 12.8 Å². The number of ether oxygens (including phenoxy) is 1. The number of hydrogen-bond acceptors (Lipinski definition) is 3. The minimum absolute atomic E-state index is 0.323. The molecule has 17 heavy (non-hydrogen) atoms. The third kappa shape index (κ3) is 4.59. The molecule has 1 aliphatic rings. The Bertz CT molecular complexity index is 282. The average Bonchev–Trinajstić information content (AvgIpc) is 2.38. The Balaban J connectivity index is 2.52. The third-order valence-corrected chi connectivity index (χ3v) is 3.28. The summed E-state index contributed by atoms with van der Waals surface area (Å²) in [7, 11) is 1.34. The summed E-state index contributed by atoms with van der Waals surface area (Å²) in [6.07, 6.45) is 7.83. The molecule has 0 aromatic carbocycles. The molecule has 1 atom stereocenters. The van der Waals surface area contributed by atoms with E-state index < -0.39 is 6.04 Å². The summed E-state index contributed by atoms with van der Waals surface area (Å²) in [5.74, 6) is -0.181. The van der Waals surface area contributed by atoms with Crippen molar-refractivity contribution in [3.05, 3.63) is 12.7 Å². The Morgan fingerprint density at radius 2 is 2.06 bits per heavy atom. The molecular weight excluding hydrogens is 218 g/mol. The van der Waals surface area contributed by atoms with Crippen molar-refractivity contribution in [2.45, 2.75) is 44.6 Å². The van der Waals surface area contributed by atoms with Gasteiger partial charge >= 0.3 is 5.97 Å². The van der Waals surface area contributed by atoms with Crippen LogP contribution in [0.15, 0.2) is 12.7 Å². The zero-order valence-electron chi connectivity index (χ0n) is 10.4. The van der Waals surface area contributed by atoms with Crippen LogP contribution in [0.25, 0.3) is 0 Å². The highest BCUT2D eigenvalue weighted by Gasteiger charge is 2.25. The van der Waals surface area contributed by atoms with Gasteiger partial charge in [-0.2, -0.15) is 0 Å². The highest BCUT2D eigenvalue weighted by Crippen LogP contribution is 2.27. The van der Waals surface area contributed by atoms with E-state index in [4.69, 9.17) is 4.74 Å². The fourth-order valence-electron chi connectivity index (χ4n) is 2.34. The van der Waals surface area contributed by atoms with Crippen LogP contribution in [-0.2, 0) is 14.3 Å². The van der Waals surface area contributed by atoms with E-state index in [0.29, 0.717) is 12.3 Å². The van der Waals surface area contributed by atoms with E-state index in [1.54, 1.807) is 0 Å². The maximum atomic E-state index is 11.6. The summed E-state index contributed by atoms with van der Waals surface area (Å²) >= 11 is 0. The van der Waals surface area contributed by atoms with Crippen LogP contribution >= 0.6 is 0 Å². The SMILES string of the molecule is C=CC(=O)N[C@H](CC1CCCCC1)C(=O)OC. The molecule has 0 aliphatic heterocycles. The van der Waals surface area contributed by atoms with Gasteiger partial charge in [0.2, 0.25) is 5.91 Å². The molecule has 0 aromatic rings. The van der Waals surface area contributed by atoms with E-state index in [9.17, 15) is 9.59 Å². The van der Waals surface area contributed by atoms with E-state index in [1.807, 2.05) is 0 Å². The molecule has 0 unspecified atom stereocenters. The first-order valence-electron chi connectivity index (χ1n) is 6.18. The summed E-state index contributed by atoms with van der Waals surface area (Å²) in [5.41, 5.74) is 0. The average molecular weight is 239 g/mol. The molecule has 1 N–H and O–H groups in total. The molecule has 0 bridgehead atoms. The lowest BCUT2D eigenvalue weighted by atomic mass is 9.85. The van der Waals surface area contributed by atoms with Gasteiger partial charge in [-0.3, -0.25) is 4.79 Å². The number of amides is 1. The smallest absolute Gasteiger partial charge is 0.328 e. The van der Waals surface area contributed by atoms with Gasteiger partial charge < -0.3 is 10.1 Å². The lowest BCUT2D eigenvalue weighted by molar-refractivity contribution is -0.145. The number of carbonyl (C=O) groups excluding carboxylic acids is 2. The van der Waals surface area contributed by atoms with Crippen LogP contribution in [0.2, 0.25) is 0 Å². The van der Waals surface area contributed by atoms with Crippen LogP contribution in [0.4, 0.5) is 0 Å². The van der Waals surface area contributed by atoms with Crippen molar-refractivity contribution < 1.29 is 14.3 Å². The van der Waals surface area contributed by atoms with Crippen molar-refractivity contribution in [2.24, 2.45) is 5.92 Å². The molecule has 0 radical (unpaired) electrons. The van der Waals surface area contributed by atoms with Gasteiger partial charge in [-0.25, -0.2) is 4.79 Å². The Labute approximate surface area is 102 Å². The van der Waals surface area contributed by atoms with Crippen LogP contribution in [0.3, 0.4) is 0 Å². The summed E-state index contributed by atoms with van der Waals surface area (Å²) in [6, 6.07) is -0.534. The fraction of sp³-hybridized carbons (Fsp3) is 0.692. The van der Waals surface area contributed by atoms with Crippen LogP contribution in [-0.4, -0.2) is 25.0 Å². The third-order valence-electron chi connectivity index (χ3n) is 3.28. The van der Waals surface area contributed by atoms with E-state index in [1.165, 1.54) is 32.4 Å². The standard InChI is InChI=1S/C13H21NO3/c1-3-12(15)14-11(13(16)17-2)9-10-7-5-4-6-8-10/h3,10-11H,1,4-9H2,2H3,(H,14,15)/t11-/m1/s1. The molecule has 4 heteroatoms. The molecule has 96 valence electrons. The quantitative estimate of drug-likeness (QED) is 0.588. The van der Waals surface area contributed by atoms with Crippen molar-refractivity contribution >= 4 is 11.9 Å². The van der Waals surface area contributed by atoms with Crippen LogP contribution in [0, 0.1) is 5.92 Å². The molecule has 4 nitrogen and oxygen atoms in total. The molecule has 1 fully saturated rings. The first-order chi connectivity index (χ1) is 8.17. The highest BCUT2D eigenvalue weighted by molar-refractivity contribution is 5.91. The van der Waals surface area contributed by atoms with Crippen molar-refractivity contribution in [1.82, 2.24) is 5.32 Å². The number of hydrogen-bond donors (Lipinski definition) is 1. The normalized spacial score (nSPS) is 18.2. The topological polar surface area (TPSA) is 55.4 Å². The van der Waals surface area contributed by atoms with Gasteiger partial charge in [-0.05, 0) is 18.4 Å². The van der Waals surface area contributed by atoms with E-state index >= 15 is 0 Å². The number of carbonyl (C=O) groups is 2. The van der Waals surface area contributed by atoms with Crippen LogP contribution in [0.1, 0.15) is 38.5 Å². The van der Waals surface area contributed by atoms with Crippen molar-refractivity contribution in [3.8, 4) is 0 Å². The number of rotatable bonds is 5. The molecule has 0 aromatic heterocycles. The molecule has 0 spiro atoms. The molecular formula is C13H21NO3. The Morgan fingerprint density at radius 3 is 2.59 bits per heavy atom. The second-order valence-corrected chi connectivity index (χ2v) is 4.53. The van der Waals surface area contributed by atoms with Crippen molar-refractivity contribution in [2.75, 3.05) is 7.11 Å². The van der Waals surface area contributed by atoms with E-state index in [2.05, 4.69) is 11.9 Å². The maximum Gasteiger partial charge on any atom is 0.328 e. The molecule has 1 rings (SSSR count). The summed E-state index contributed by atoms with van der Waals surface area (Å²) in [4.78, 5) is 22.8. The minimum atomic E-state index is -0.534. The highest BCUT2D eigenvalue weighted by atomic mass is 16.5. The van der Waals surface area contributed by atoms with E-state index in [-0.39, 0.29) is 11.9 Å².